The minimum atomic E-state index is 0.522. The van der Waals surface area contributed by atoms with Crippen molar-refractivity contribution in [1.82, 2.24) is 9.55 Å². The van der Waals surface area contributed by atoms with Gasteiger partial charge in [-0.25, -0.2) is 4.98 Å². The molecule has 0 aliphatic carbocycles. The highest BCUT2D eigenvalue weighted by Crippen LogP contribution is 2.18. The topological polar surface area (TPSA) is 36.3 Å². The maximum Gasteiger partial charge on any atom is 0.135 e. The fraction of sp³-hybridized carbons (Fsp3) is 0.350. The minimum absolute atomic E-state index is 0.522. The van der Waals surface area contributed by atoms with Crippen LogP contribution in [0.5, 0.6) is 5.75 Å². The van der Waals surface area contributed by atoms with E-state index in [1.165, 1.54) is 5.56 Å². The molecule has 24 heavy (non-hydrogen) atoms. The van der Waals surface area contributed by atoms with Gasteiger partial charge in [-0.3, -0.25) is 0 Å². The number of fused-ring (bicyclic) bond motifs is 1. The van der Waals surface area contributed by atoms with Crippen LogP contribution in [0, 0.1) is 0 Å². The van der Waals surface area contributed by atoms with Gasteiger partial charge < -0.3 is 14.0 Å². The summed E-state index contributed by atoms with van der Waals surface area (Å²) in [5, 5.41) is 0. The minimum Gasteiger partial charge on any atom is -0.494 e. The summed E-state index contributed by atoms with van der Waals surface area (Å²) in [5.41, 5.74) is 3.49. The van der Waals surface area contributed by atoms with E-state index < -0.39 is 0 Å². The quantitative estimate of drug-likeness (QED) is 0.582. The van der Waals surface area contributed by atoms with E-state index in [0.29, 0.717) is 13.2 Å². The molecule has 4 nitrogen and oxygen atoms in total. The maximum absolute atomic E-state index is 5.85. The normalized spacial score (nSPS) is 11.1. The largest absolute Gasteiger partial charge is 0.494 e. The van der Waals surface area contributed by atoms with Crippen molar-refractivity contribution in [2.75, 3.05) is 13.7 Å². The summed E-state index contributed by atoms with van der Waals surface area (Å²) >= 11 is 0. The van der Waals surface area contributed by atoms with Crippen molar-refractivity contribution in [2.45, 2.75) is 32.9 Å². The number of benzene rings is 2. The SMILES string of the molecule is CCc1ccc(OCCCn2c(COC)nc3ccccc32)cc1. The Balaban J connectivity index is 1.61. The lowest BCUT2D eigenvalue weighted by Crippen LogP contribution is -2.08. The highest BCUT2D eigenvalue weighted by molar-refractivity contribution is 5.75. The van der Waals surface area contributed by atoms with Crippen molar-refractivity contribution in [3.8, 4) is 5.75 Å². The van der Waals surface area contributed by atoms with Crippen molar-refractivity contribution in [2.24, 2.45) is 0 Å². The molecule has 2 aromatic carbocycles. The summed E-state index contributed by atoms with van der Waals surface area (Å²) in [6.07, 6.45) is 1.98. The zero-order chi connectivity index (χ0) is 16.8. The molecule has 0 amide bonds. The van der Waals surface area contributed by atoms with Crippen molar-refractivity contribution in [1.29, 1.82) is 0 Å². The molecule has 126 valence electrons. The molecular weight excluding hydrogens is 300 g/mol. The Morgan fingerprint density at radius 1 is 1.04 bits per heavy atom. The fourth-order valence-electron chi connectivity index (χ4n) is 2.85. The van der Waals surface area contributed by atoms with E-state index in [1.807, 2.05) is 30.3 Å². The second-order valence-electron chi connectivity index (χ2n) is 5.80. The molecule has 0 saturated carbocycles. The lowest BCUT2D eigenvalue weighted by Gasteiger charge is -2.10. The van der Waals surface area contributed by atoms with Crippen LogP contribution in [0.4, 0.5) is 0 Å². The molecule has 1 heterocycles. The summed E-state index contributed by atoms with van der Waals surface area (Å²) in [6, 6.07) is 16.5. The van der Waals surface area contributed by atoms with Gasteiger partial charge in [-0.05, 0) is 42.7 Å². The average Bonchev–Trinajstić information content (AvgIpc) is 2.97. The Kier molecular flexibility index (Phi) is 5.49. The standard InChI is InChI=1S/C20H24N2O2/c1-3-16-9-11-17(12-10-16)24-14-6-13-22-19-8-5-4-7-18(19)21-20(22)15-23-2/h4-5,7-12H,3,6,13-15H2,1-2H3. The molecule has 0 unspecified atom stereocenters. The van der Waals surface area contributed by atoms with E-state index >= 15 is 0 Å². The summed E-state index contributed by atoms with van der Waals surface area (Å²) < 4.78 is 13.4. The number of nitrogens with zero attached hydrogens (tertiary/aromatic N) is 2. The summed E-state index contributed by atoms with van der Waals surface area (Å²) in [6.45, 7) is 4.23. The first kappa shape index (κ1) is 16.5. The van der Waals surface area contributed by atoms with Gasteiger partial charge in [-0.15, -0.1) is 0 Å². The molecule has 0 N–H and O–H groups in total. The number of aryl methyl sites for hydroxylation is 2. The molecule has 0 aliphatic heterocycles. The lowest BCUT2D eigenvalue weighted by atomic mass is 10.2. The van der Waals surface area contributed by atoms with Gasteiger partial charge >= 0.3 is 0 Å². The molecule has 3 aromatic rings. The highest BCUT2D eigenvalue weighted by Gasteiger charge is 2.09. The first-order valence-electron chi connectivity index (χ1n) is 8.46. The molecule has 0 atom stereocenters. The molecule has 0 bridgehead atoms. The second kappa shape index (κ2) is 7.97. The predicted octanol–water partition coefficient (Wildman–Crippen LogP) is 4.21. The first-order valence-corrected chi connectivity index (χ1v) is 8.46. The number of hydrogen-bond acceptors (Lipinski definition) is 3. The third-order valence-electron chi connectivity index (χ3n) is 4.13. The third-order valence-corrected chi connectivity index (χ3v) is 4.13. The van der Waals surface area contributed by atoms with Gasteiger partial charge in [0.05, 0.1) is 17.6 Å². The van der Waals surface area contributed by atoms with Crippen molar-refractivity contribution in [3.63, 3.8) is 0 Å². The Hall–Kier alpha value is -2.33. The molecule has 4 heteroatoms. The van der Waals surface area contributed by atoms with Crippen LogP contribution in [-0.2, 0) is 24.3 Å². The Morgan fingerprint density at radius 2 is 1.83 bits per heavy atom. The van der Waals surface area contributed by atoms with Crippen LogP contribution in [0.15, 0.2) is 48.5 Å². The molecule has 1 aromatic heterocycles. The highest BCUT2D eigenvalue weighted by atomic mass is 16.5. The zero-order valence-corrected chi connectivity index (χ0v) is 14.4. The number of aromatic nitrogens is 2. The van der Waals surface area contributed by atoms with E-state index in [4.69, 9.17) is 9.47 Å². The van der Waals surface area contributed by atoms with E-state index in [-0.39, 0.29) is 0 Å². The number of para-hydroxylation sites is 2. The average molecular weight is 324 g/mol. The molecule has 3 rings (SSSR count). The molecule has 0 radical (unpaired) electrons. The van der Waals surface area contributed by atoms with E-state index in [9.17, 15) is 0 Å². The van der Waals surface area contributed by atoms with Crippen molar-refractivity contribution in [3.05, 3.63) is 59.9 Å². The van der Waals surface area contributed by atoms with Gasteiger partial charge in [0.25, 0.3) is 0 Å². The van der Waals surface area contributed by atoms with Gasteiger partial charge in [-0.2, -0.15) is 0 Å². The molecule has 0 spiro atoms. The number of imidazole rings is 1. The van der Waals surface area contributed by atoms with Gasteiger partial charge in [0, 0.05) is 13.7 Å². The van der Waals surface area contributed by atoms with E-state index in [1.54, 1.807) is 7.11 Å². The number of methoxy groups -OCH3 is 1. The number of rotatable bonds is 8. The molecule has 0 aliphatic rings. The van der Waals surface area contributed by atoms with Crippen molar-refractivity contribution < 1.29 is 9.47 Å². The van der Waals surface area contributed by atoms with E-state index in [0.717, 1.165) is 42.0 Å². The number of hydrogen-bond donors (Lipinski definition) is 0. The summed E-state index contributed by atoms with van der Waals surface area (Å²) in [4.78, 5) is 4.66. The smallest absolute Gasteiger partial charge is 0.135 e. The summed E-state index contributed by atoms with van der Waals surface area (Å²) in [7, 11) is 1.70. The third kappa shape index (κ3) is 3.77. The van der Waals surface area contributed by atoms with Gasteiger partial charge in [0.2, 0.25) is 0 Å². The van der Waals surface area contributed by atoms with Crippen LogP contribution in [0.3, 0.4) is 0 Å². The Labute approximate surface area is 143 Å². The van der Waals surface area contributed by atoms with Crippen LogP contribution in [0.25, 0.3) is 11.0 Å². The Morgan fingerprint density at radius 3 is 2.58 bits per heavy atom. The zero-order valence-electron chi connectivity index (χ0n) is 14.4. The number of ether oxygens (including phenoxy) is 2. The van der Waals surface area contributed by atoms with Gasteiger partial charge in [0.1, 0.15) is 18.2 Å². The van der Waals surface area contributed by atoms with Crippen LogP contribution >= 0.6 is 0 Å². The van der Waals surface area contributed by atoms with E-state index in [2.05, 4.69) is 34.7 Å². The maximum atomic E-state index is 5.85. The molecular formula is C20H24N2O2. The predicted molar refractivity (Wildman–Crippen MR) is 96.4 cm³/mol. The lowest BCUT2D eigenvalue weighted by molar-refractivity contribution is 0.174. The van der Waals surface area contributed by atoms with Gasteiger partial charge in [-0.1, -0.05) is 31.2 Å². The van der Waals surface area contributed by atoms with Crippen molar-refractivity contribution >= 4 is 11.0 Å². The van der Waals surface area contributed by atoms with Crippen LogP contribution in [0.2, 0.25) is 0 Å². The molecule has 0 saturated heterocycles. The van der Waals surface area contributed by atoms with Gasteiger partial charge in [0.15, 0.2) is 0 Å². The monoisotopic (exact) mass is 324 g/mol. The van der Waals surface area contributed by atoms with Crippen LogP contribution in [-0.4, -0.2) is 23.3 Å². The first-order chi connectivity index (χ1) is 11.8. The fourth-order valence-corrected chi connectivity index (χ4v) is 2.85. The van der Waals surface area contributed by atoms with Crippen LogP contribution in [0.1, 0.15) is 24.7 Å². The second-order valence-corrected chi connectivity index (χ2v) is 5.80. The Bertz CT molecular complexity index is 778. The van der Waals surface area contributed by atoms with Crippen LogP contribution < -0.4 is 4.74 Å². The molecule has 0 fully saturated rings. The summed E-state index contributed by atoms with van der Waals surface area (Å²) in [5.74, 6) is 1.89.